The zero-order chi connectivity index (χ0) is 29.8. The van der Waals surface area contributed by atoms with Crippen LogP contribution in [-0.4, -0.2) is 76.8 Å². The second-order valence-corrected chi connectivity index (χ2v) is 12.0. The molecule has 5 rings (SSSR count). The average Bonchev–Trinajstić information content (AvgIpc) is 3.34. The van der Waals surface area contributed by atoms with E-state index >= 15 is 0 Å². The number of piperidine rings is 1. The fourth-order valence-electron chi connectivity index (χ4n) is 6.02. The third kappa shape index (κ3) is 6.67. The van der Waals surface area contributed by atoms with Crippen molar-refractivity contribution in [2.24, 2.45) is 9.98 Å². The molecule has 42 heavy (non-hydrogen) atoms. The van der Waals surface area contributed by atoms with Gasteiger partial charge in [0.1, 0.15) is 11.9 Å². The number of likely N-dealkylation sites (N-methyl/N-ethyl adjacent to an activating group) is 1. The van der Waals surface area contributed by atoms with E-state index in [9.17, 15) is 4.79 Å². The molecule has 0 aromatic carbocycles. The molecule has 3 heterocycles. The molecule has 2 unspecified atom stereocenters. The fraction of sp³-hybridized carbons (Fsp3) is 0.515. The minimum Gasteiger partial charge on any atom is -0.352 e. The second-order valence-electron chi connectivity index (χ2n) is 12.0. The highest BCUT2D eigenvalue weighted by Gasteiger charge is 2.29. The number of hydrogen-bond donors (Lipinski definition) is 2. The van der Waals surface area contributed by atoms with Crippen LogP contribution in [0.3, 0.4) is 0 Å². The molecule has 9 nitrogen and oxygen atoms in total. The lowest BCUT2D eigenvalue weighted by molar-refractivity contribution is 0.182. The number of hydrogen-bond acceptors (Lipinski definition) is 6. The molecule has 0 bridgehead atoms. The summed E-state index contributed by atoms with van der Waals surface area (Å²) in [5.74, 6) is 1.66. The summed E-state index contributed by atoms with van der Waals surface area (Å²) in [6, 6.07) is 0.500. The molecule has 2 amide bonds. The molecule has 1 saturated heterocycles. The number of likely N-dealkylation sites (tertiary alicyclic amines) is 1. The molecule has 224 valence electrons. The summed E-state index contributed by atoms with van der Waals surface area (Å²) < 4.78 is 2.26. The Labute approximate surface area is 250 Å². The number of aryl methyl sites for hydroxylation is 1. The van der Waals surface area contributed by atoms with Gasteiger partial charge in [0.05, 0.1) is 11.4 Å². The van der Waals surface area contributed by atoms with Gasteiger partial charge in [-0.25, -0.2) is 19.8 Å². The highest BCUT2D eigenvalue weighted by molar-refractivity contribution is 5.90. The quantitative estimate of drug-likeness (QED) is 0.466. The van der Waals surface area contributed by atoms with Crippen molar-refractivity contribution in [2.75, 3.05) is 27.2 Å². The van der Waals surface area contributed by atoms with Gasteiger partial charge in [-0.05, 0) is 85.5 Å². The molecule has 1 fully saturated rings. The van der Waals surface area contributed by atoms with Crippen LogP contribution in [0.5, 0.6) is 0 Å². The van der Waals surface area contributed by atoms with E-state index in [1.54, 1.807) is 0 Å². The maximum atomic E-state index is 12.9. The van der Waals surface area contributed by atoms with Crippen LogP contribution < -0.4 is 10.6 Å². The molecule has 2 atom stereocenters. The summed E-state index contributed by atoms with van der Waals surface area (Å²) in [6.45, 7) is 9.85. The number of urea groups is 1. The van der Waals surface area contributed by atoms with Gasteiger partial charge < -0.3 is 25.0 Å². The summed E-state index contributed by atoms with van der Waals surface area (Å²) >= 11 is 0. The van der Waals surface area contributed by atoms with E-state index < -0.39 is 0 Å². The number of carbonyl (C=O) groups excluding carboxylic acids is 1. The van der Waals surface area contributed by atoms with E-state index in [2.05, 4.69) is 97.3 Å². The van der Waals surface area contributed by atoms with Crippen molar-refractivity contribution in [1.29, 1.82) is 0 Å². The van der Waals surface area contributed by atoms with Crippen molar-refractivity contribution < 1.29 is 4.79 Å². The van der Waals surface area contributed by atoms with Gasteiger partial charge in [0.2, 0.25) is 5.96 Å². The molecule has 0 spiro atoms. The van der Waals surface area contributed by atoms with Gasteiger partial charge in [0, 0.05) is 49.2 Å². The predicted molar refractivity (Wildman–Crippen MR) is 172 cm³/mol. The number of amides is 2. The standard InChI is InChI=1S/C33H46N8O/c1-7-23(3)41-24(4)35-30(25-10-8-22(2)9-11-25)31(41)29-16-19-34-32(38-29)36-27-17-20-40(21-18-27)33(42)37-26-12-14-28(15-13-26)39(5)6/h7-8,10,12-14,19,27-29H,9,11,15-18,20-21H2,1-6H3,(H,36,38)(H,37,42)/b23-7-. The number of aromatic nitrogens is 2. The van der Waals surface area contributed by atoms with Gasteiger partial charge in [0.15, 0.2) is 0 Å². The maximum Gasteiger partial charge on any atom is 0.321 e. The number of aliphatic imine (C=N–C) groups is 2. The molecule has 9 heteroatoms. The van der Waals surface area contributed by atoms with Crippen LogP contribution in [0, 0.1) is 6.92 Å². The first kappa shape index (κ1) is 29.8. The summed E-state index contributed by atoms with van der Waals surface area (Å²) in [5, 5.41) is 6.66. The topological polar surface area (TPSA) is 90.1 Å². The first-order chi connectivity index (χ1) is 20.2. The van der Waals surface area contributed by atoms with Crippen LogP contribution in [0.15, 0.2) is 57.7 Å². The normalized spacial score (nSPS) is 23.4. The zero-order valence-corrected chi connectivity index (χ0v) is 26.0. The Balaban J connectivity index is 1.24. The van der Waals surface area contributed by atoms with Gasteiger partial charge >= 0.3 is 6.03 Å². The predicted octanol–water partition coefficient (Wildman–Crippen LogP) is 5.60. The summed E-state index contributed by atoms with van der Waals surface area (Å²) in [5.41, 5.74) is 6.91. The Morgan fingerprint density at radius 2 is 1.90 bits per heavy atom. The van der Waals surface area contributed by atoms with Gasteiger partial charge in [-0.15, -0.1) is 0 Å². The average molecular weight is 571 g/mol. The van der Waals surface area contributed by atoms with E-state index in [1.807, 2.05) is 17.2 Å². The zero-order valence-electron chi connectivity index (χ0n) is 26.0. The summed E-state index contributed by atoms with van der Waals surface area (Å²) in [4.78, 5) is 31.8. The van der Waals surface area contributed by atoms with Crippen LogP contribution >= 0.6 is 0 Å². The van der Waals surface area contributed by atoms with Gasteiger partial charge in [-0.2, -0.15) is 0 Å². The molecule has 1 aromatic heterocycles. The lowest BCUT2D eigenvalue weighted by Crippen LogP contribution is -2.49. The van der Waals surface area contributed by atoms with Gasteiger partial charge in [-0.1, -0.05) is 36.0 Å². The molecule has 2 aliphatic carbocycles. The van der Waals surface area contributed by atoms with Crippen molar-refractivity contribution in [3.8, 4) is 0 Å². The van der Waals surface area contributed by atoms with Crippen molar-refractivity contribution in [2.45, 2.75) is 84.3 Å². The molecular formula is C33H46N8O. The van der Waals surface area contributed by atoms with Crippen LogP contribution in [0.4, 0.5) is 4.79 Å². The monoisotopic (exact) mass is 570 g/mol. The molecule has 2 N–H and O–H groups in total. The minimum atomic E-state index is -0.0706. The molecule has 2 aliphatic heterocycles. The Morgan fingerprint density at radius 1 is 1.12 bits per heavy atom. The van der Waals surface area contributed by atoms with E-state index in [0.29, 0.717) is 25.1 Å². The van der Waals surface area contributed by atoms with Crippen LogP contribution in [-0.2, 0) is 0 Å². The largest absolute Gasteiger partial charge is 0.352 e. The van der Waals surface area contributed by atoms with E-state index in [0.717, 1.165) is 67.1 Å². The number of nitrogens with zero attached hydrogens (tertiary/aromatic N) is 6. The van der Waals surface area contributed by atoms with Gasteiger partial charge in [-0.3, -0.25) is 0 Å². The van der Waals surface area contributed by atoms with Gasteiger partial charge in [0.25, 0.3) is 0 Å². The second kappa shape index (κ2) is 13.1. The highest BCUT2D eigenvalue weighted by atomic mass is 16.2. The smallest absolute Gasteiger partial charge is 0.321 e. The lowest BCUT2D eigenvalue weighted by Gasteiger charge is -2.33. The Hall–Kier alpha value is -3.72. The number of nitrogens with one attached hydrogen (secondary N) is 2. The first-order valence-electron chi connectivity index (χ1n) is 15.3. The number of rotatable bonds is 6. The number of allylic oxidation sites excluding steroid dienone is 7. The lowest BCUT2D eigenvalue weighted by atomic mass is 9.94. The van der Waals surface area contributed by atoms with Crippen LogP contribution in [0.1, 0.15) is 82.6 Å². The third-order valence-corrected chi connectivity index (χ3v) is 8.76. The third-order valence-electron chi connectivity index (χ3n) is 8.76. The van der Waals surface area contributed by atoms with Crippen molar-refractivity contribution in [3.05, 3.63) is 64.9 Å². The fourth-order valence-corrected chi connectivity index (χ4v) is 6.02. The molecule has 0 saturated carbocycles. The van der Waals surface area contributed by atoms with E-state index in [-0.39, 0.29) is 18.1 Å². The van der Waals surface area contributed by atoms with Crippen LogP contribution in [0.2, 0.25) is 0 Å². The molecule has 4 aliphatic rings. The number of imidazole rings is 1. The molecular weight excluding hydrogens is 524 g/mol. The Bertz CT molecular complexity index is 1390. The van der Waals surface area contributed by atoms with E-state index in [1.165, 1.54) is 11.1 Å². The maximum absolute atomic E-state index is 12.9. The molecule has 0 radical (unpaired) electrons. The number of guanidine groups is 1. The van der Waals surface area contributed by atoms with Crippen LogP contribution in [0.25, 0.3) is 11.3 Å². The Morgan fingerprint density at radius 3 is 2.55 bits per heavy atom. The number of carbonyl (C=O) groups is 1. The summed E-state index contributed by atoms with van der Waals surface area (Å²) in [7, 11) is 4.14. The van der Waals surface area contributed by atoms with Crippen molar-refractivity contribution in [3.63, 3.8) is 0 Å². The summed E-state index contributed by atoms with van der Waals surface area (Å²) in [6.07, 6.45) is 20.2. The molecule has 1 aromatic rings. The Kier molecular flexibility index (Phi) is 9.26. The van der Waals surface area contributed by atoms with Crippen molar-refractivity contribution in [1.82, 2.24) is 30.0 Å². The first-order valence-corrected chi connectivity index (χ1v) is 15.3. The SMILES string of the molecule is C/C=C(/C)n1c(C)nc(C2=CC=C(C)CC2)c1C1CC=NC(NC2CCN(C(=O)NC3=CCC(N(C)C)C=C3)CC2)=N1. The highest BCUT2D eigenvalue weighted by Crippen LogP contribution is 2.36. The minimum absolute atomic E-state index is 0.0293. The van der Waals surface area contributed by atoms with Crippen molar-refractivity contribution >= 4 is 29.5 Å². The van der Waals surface area contributed by atoms with E-state index in [4.69, 9.17) is 9.98 Å².